The number of benzene rings is 1. The fourth-order valence-electron chi connectivity index (χ4n) is 3.39. The lowest BCUT2D eigenvalue weighted by Crippen LogP contribution is -2.60. The van der Waals surface area contributed by atoms with Crippen molar-refractivity contribution in [3.8, 4) is 17.2 Å². The number of hydrogen-bond donors (Lipinski definition) is 6. The van der Waals surface area contributed by atoms with E-state index in [4.69, 9.17) is 18.9 Å². The summed E-state index contributed by atoms with van der Waals surface area (Å²) in [4.78, 5) is 23.2. The summed E-state index contributed by atoms with van der Waals surface area (Å²) in [5.41, 5.74) is -1.21. The predicted molar refractivity (Wildman–Crippen MR) is 121 cm³/mol. The molecule has 0 amide bonds. The number of carbonyl (C=O) groups is 2. The average molecular weight is 516 g/mol. The maximum atomic E-state index is 11.9. The summed E-state index contributed by atoms with van der Waals surface area (Å²) in [6.45, 7) is 0.494. The van der Waals surface area contributed by atoms with Gasteiger partial charge in [0.1, 0.15) is 31.0 Å². The van der Waals surface area contributed by atoms with Crippen LogP contribution in [0.25, 0.3) is 6.08 Å². The highest BCUT2D eigenvalue weighted by Gasteiger charge is 2.45. The molecule has 0 spiro atoms. The van der Waals surface area contributed by atoms with Gasteiger partial charge in [0, 0.05) is 0 Å². The van der Waals surface area contributed by atoms with E-state index in [-0.39, 0.29) is 24.5 Å². The minimum Gasteiger partial charge on any atom is -0.504 e. The highest BCUT2D eigenvalue weighted by Crippen LogP contribution is 2.40. The molecule has 1 aliphatic rings. The summed E-state index contributed by atoms with van der Waals surface area (Å²) in [6, 6.07) is 2.74. The Kier molecular flexibility index (Phi) is 10.5. The van der Waals surface area contributed by atoms with Crippen LogP contribution in [0, 0.1) is 0 Å². The minimum atomic E-state index is -1.69. The molecule has 0 saturated carbocycles. The molecular formula is C23H32O13. The molecule has 1 aromatic carbocycles. The predicted octanol–water partition coefficient (Wildman–Crippen LogP) is -1.16. The Morgan fingerprint density at radius 1 is 1.08 bits per heavy atom. The van der Waals surface area contributed by atoms with Crippen LogP contribution < -0.4 is 9.47 Å². The Bertz CT molecular complexity index is 927. The van der Waals surface area contributed by atoms with E-state index in [0.29, 0.717) is 5.56 Å². The number of phenolic OH excluding ortho intramolecular Hbond substituents is 1. The van der Waals surface area contributed by atoms with Crippen molar-refractivity contribution in [3.63, 3.8) is 0 Å². The van der Waals surface area contributed by atoms with Crippen molar-refractivity contribution in [2.24, 2.45) is 0 Å². The van der Waals surface area contributed by atoms with Crippen LogP contribution >= 0.6 is 0 Å². The molecule has 6 N–H and O–H groups in total. The summed E-state index contributed by atoms with van der Waals surface area (Å²) in [5, 5.41) is 59.8. The molecule has 0 aromatic heterocycles. The molecule has 1 fully saturated rings. The van der Waals surface area contributed by atoms with E-state index in [1.165, 1.54) is 45.4 Å². The number of aromatic hydroxyl groups is 1. The van der Waals surface area contributed by atoms with Gasteiger partial charge >= 0.3 is 11.9 Å². The molecule has 1 aliphatic heterocycles. The number of phenols is 1. The molecule has 6 atom stereocenters. The fourth-order valence-corrected chi connectivity index (χ4v) is 3.39. The van der Waals surface area contributed by atoms with E-state index >= 15 is 0 Å². The zero-order valence-corrected chi connectivity index (χ0v) is 20.1. The standard InChI is InChI=1S/C23H32O13/c1-23(31,9-16(26)33-3)10-17(27)34-6-4-5-12-7-13(25)21(14(8-12)32-2)36-22-20(30)19(29)18(28)15(11-24)35-22/h4-5,7-8,15,18-20,22,24-25,28-31H,6,9-11H2,1-3H3/t15-,18-,19+,20-,22+,23+/m1/s1. The first-order chi connectivity index (χ1) is 16.9. The van der Waals surface area contributed by atoms with Gasteiger partial charge in [-0.3, -0.25) is 9.59 Å². The molecule has 1 aromatic rings. The van der Waals surface area contributed by atoms with Crippen molar-refractivity contribution in [3.05, 3.63) is 23.8 Å². The van der Waals surface area contributed by atoms with Crippen LogP contribution in [0.5, 0.6) is 17.2 Å². The highest BCUT2D eigenvalue weighted by atomic mass is 16.7. The van der Waals surface area contributed by atoms with Crippen molar-refractivity contribution in [2.45, 2.75) is 56.1 Å². The summed E-state index contributed by atoms with van der Waals surface area (Å²) in [7, 11) is 2.47. The Balaban J connectivity index is 2.02. The summed E-state index contributed by atoms with van der Waals surface area (Å²) in [5.74, 6) is -2.01. The lowest BCUT2D eigenvalue weighted by atomic mass is 9.98. The number of esters is 2. The van der Waals surface area contributed by atoms with Crippen LogP contribution in [0.15, 0.2) is 18.2 Å². The van der Waals surface area contributed by atoms with Gasteiger partial charge in [-0.25, -0.2) is 0 Å². The number of aliphatic hydroxyl groups excluding tert-OH is 4. The first-order valence-electron chi connectivity index (χ1n) is 10.9. The number of aliphatic hydroxyl groups is 5. The van der Waals surface area contributed by atoms with E-state index in [1.807, 2.05) is 0 Å². The molecule has 1 saturated heterocycles. The Labute approximate surface area is 207 Å². The largest absolute Gasteiger partial charge is 0.504 e. The van der Waals surface area contributed by atoms with Gasteiger partial charge in [0.05, 0.1) is 39.3 Å². The van der Waals surface area contributed by atoms with E-state index < -0.39 is 67.0 Å². The van der Waals surface area contributed by atoms with Crippen LogP contribution in [0.2, 0.25) is 0 Å². The van der Waals surface area contributed by atoms with Crippen LogP contribution in [-0.2, 0) is 23.8 Å². The molecule has 0 bridgehead atoms. The molecule has 2 rings (SSSR count). The smallest absolute Gasteiger partial charge is 0.309 e. The Morgan fingerprint density at radius 3 is 2.36 bits per heavy atom. The van der Waals surface area contributed by atoms with Gasteiger partial charge in [-0.2, -0.15) is 0 Å². The monoisotopic (exact) mass is 516 g/mol. The first-order valence-corrected chi connectivity index (χ1v) is 10.9. The zero-order valence-electron chi connectivity index (χ0n) is 20.1. The quantitative estimate of drug-likeness (QED) is 0.192. The van der Waals surface area contributed by atoms with E-state index in [9.17, 15) is 40.2 Å². The number of carbonyl (C=O) groups excluding carboxylic acids is 2. The molecule has 36 heavy (non-hydrogen) atoms. The summed E-state index contributed by atoms with van der Waals surface area (Å²) in [6.07, 6.45) is -5.48. The molecule has 1 heterocycles. The van der Waals surface area contributed by atoms with E-state index in [2.05, 4.69) is 4.74 Å². The maximum Gasteiger partial charge on any atom is 0.309 e. The van der Waals surface area contributed by atoms with Crippen molar-refractivity contribution in [1.29, 1.82) is 0 Å². The molecule has 13 heteroatoms. The van der Waals surface area contributed by atoms with Crippen molar-refractivity contribution in [1.82, 2.24) is 0 Å². The number of ether oxygens (including phenoxy) is 5. The van der Waals surface area contributed by atoms with Gasteiger partial charge < -0.3 is 54.3 Å². The first kappa shape index (κ1) is 29.3. The Hall–Kier alpha value is -2.94. The topological polar surface area (TPSA) is 202 Å². The summed E-state index contributed by atoms with van der Waals surface area (Å²) >= 11 is 0. The van der Waals surface area contributed by atoms with Gasteiger partial charge in [0.25, 0.3) is 0 Å². The molecule has 0 unspecified atom stereocenters. The van der Waals surface area contributed by atoms with Crippen molar-refractivity contribution in [2.75, 3.05) is 27.4 Å². The normalized spacial score (nSPS) is 25.7. The second kappa shape index (κ2) is 12.9. The van der Waals surface area contributed by atoms with Crippen LogP contribution in [0.1, 0.15) is 25.3 Å². The Morgan fingerprint density at radius 2 is 1.75 bits per heavy atom. The molecule has 202 valence electrons. The van der Waals surface area contributed by atoms with E-state index in [0.717, 1.165) is 0 Å². The third-order valence-electron chi connectivity index (χ3n) is 5.29. The summed E-state index contributed by atoms with van der Waals surface area (Å²) < 4.78 is 25.5. The van der Waals surface area contributed by atoms with Gasteiger partial charge in [-0.1, -0.05) is 6.08 Å². The fraction of sp³-hybridized carbons (Fsp3) is 0.565. The van der Waals surface area contributed by atoms with Gasteiger partial charge in [-0.15, -0.1) is 0 Å². The lowest BCUT2D eigenvalue weighted by Gasteiger charge is -2.39. The van der Waals surface area contributed by atoms with Crippen molar-refractivity contribution < 1.29 is 63.9 Å². The third kappa shape index (κ3) is 7.78. The van der Waals surface area contributed by atoms with Crippen LogP contribution in [-0.4, -0.2) is 106 Å². The van der Waals surface area contributed by atoms with Crippen LogP contribution in [0.3, 0.4) is 0 Å². The third-order valence-corrected chi connectivity index (χ3v) is 5.29. The number of rotatable bonds is 11. The number of methoxy groups -OCH3 is 2. The van der Waals surface area contributed by atoms with E-state index in [1.54, 1.807) is 0 Å². The molecular weight excluding hydrogens is 484 g/mol. The number of hydrogen-bond acceptors (Lipinski definition) is 13. The zero-order chi connectivity index (χ0) is 27.0. The second-order valence-electron chi connectivity index (χ2n) is 8.40. The highest BCUT2D eigenvalue weighted by molar-refractivity contribution is 5.75. The molecule has 0 radical (unpaired) electrons. The van der Waals surface area contributed by atoms with Gasteiger partial charge in [0.15, 0.2) is 11.5 Å². The SMILES string of the molecule is COC(=O)C[C@](C)(O)CC(=O)OCC=Cc1cc(O)c(O[C@@H]2O[C@H](CO)[C@@H](O)[C@H](O)[C@H]2O)c(OC)c1. The van der Waals surface area contributed by atoms with Crippen LogP contribution in [0.4, 0.5) is 0 Å². The second-order valence-corrected chi connectivity index (χ2v) is 8.40. The minimum absolute atomic E-state index is 0.0301. The molecule has 13 nitrogen and oxygen atoms in total. The maximum absolute atomic E-state index is 11.9. The lowest BCUT2D eigenvalue weighted by molar-refractivity contribution is -0.277. The van der Waals surface area contributed by atoms with Gasteiger partial charge in [0.2, 0.25) is 12.0 Å². The average Bonchev–Trinajstić information content (AvgIpc) is 2.82. The van der Waals surface area contributed by atoms with Gasteiger partial charge in [-0.05, 0) is 30.7 Å². The van der Waals surface area contributed by atoms with Crippen molar-refractivity contribution >= 4 is 18.0 Å². The molecule has 0 aliphatic carbocycles.